The zero-order chi connectivity index (χ0) is 20.4. The van der Waals surface area contributed by atoms with Crippen LogP contribution in [0.15, 0.2) is 23.1 Å². The number of hydrogen-bond acceptors (Lipinski definition) is 6. The molecule has 0 bridgehead atoms. The maximum atomic E-state index is 13.3. The van der Waals surface area contributed by atoms with Crippen LogP contribution in [0.5, 0.6) is 0 Å². The SMILES string of the molecule is O=S1(=O)CCC(N(CCCN2CCOCC2)S(=O)(=O)c2ccc(Cl)c(Cl)c2)C1. The Morgan fingerprint density at radius 2 is 1.89 bits per heavy atom. The van der Waals surface area contributed by atoms with Gasteiger partial charge in [-0.1, -0.05) is 23.2 Å². The van der Waals surface area contributed by atoms with Gasteiger partial charge in [-0.05, 0) is 37.6 Å². The second-order valence-electron chi connectivity index (χ2n) is 7.06. The van der Waals surface area contributed by atoms with Crippen LogP contribution in [0, 0.1) is 0 Å². The van der Waals surface area contributed by atoms with Gasteiger partial charge in [0.25, 0.3) is 0 Å². The molecule has 158 valence electrons. The summed E-state index contributed by atoms with van der Waals surface area (Å²) in [5, 5.41) is 0.415. The highest BCUT2D eigenvalue weighted by molar-refractivity contribution is 7.92. The molecule has 2 aliphatic heterocycles. The highest BCUT2D eigenvalue weighted by Crippen LogP contribution is 2.29. The van der Waals surface area contributed by atoms with Gasteiger partial charge in [-0.25, -0.2) is 16.8 Å². The van der Waals surface area contributed by atoms with E-state index in [0.717, 1.165) is 19.6 Å². The predicted octanol–water partition coefficient (Wildman–Crippen LogP) is 1.89. The molecule has 11 heteroatoms. The van der Waals surface area contributed by atoms with Crippen molar-refractivity contribution in [2.75, 3.05) is 50.9 Å². The summed E-state index contributed by atoms with van der Waals surface area (Å²) in [5.74, 6) is -0.139. The van der Waals surface area contributed by atoms with Crippen LogP contribution in [0.4, 0.5) is 0 Å². The van der Waals surface area contributed by atoms with E-state index in [1.807, 2.05) is 0 Å². The van der Waals surface area contributed by atoms with Gasteiger partial charge in [0.15, 0.2) is 9.84 Å². The van der Waals surface area contributed by atoms with Gasteiger partial charge < -0.3 is 4.74 Å². The van der Waals surface area contributed by atoms with Gasteiger partial charge in [-0.2, -0.15) is 4.31 Å². The normalized spacial score (nSPS) is 23.3. The largest absolute Gasteiger partial charge is 0.379 e. The van der Waals surface area contributed by atoms with E-state index in [0.29, 0.717) is 26.1 Å². The lowest BCUT2D eigenvalue weighted by Gasteiger charge is -2.30. The molecule has 2 heterocycles. The molecule has 0 saturated carbocycles. The molecule has 3 rings (SSSR count). The molecule has 7 nitrogen and oxygen atoms in total. The van der Waals surface area contributed by atoms with Crippen LogP contribution in [0.2, 0.25) is 10.0 Å². The van der Waals surface area contributed by atoms with Gasteiger partial charge in [0.05, 0.1) is 39.7 Å². The Kier molecular flexibility index (Phi) is 7.28. The summed E-state index contributed by atoms with van der Waals surface area (Å²) in [6, 6.07) is 3.60. The molecule has 1 aromatic rings. The Labute approximate surface area is 176 Å². The second-order valence-corrected chi connectivity index (χ2v) is 12.0. The Morgan fingerprint density at radius 1 is 1.18 bits per heavy atom. The summed E-state index contributed by atoms with van der Waals surface area (Å²) in [6.07, 6.45) is 0.914. The van der Waals surface area contributed by atoms with Crippen LogP contribution >= 0.6 is 23.2 Å². The Bertz CT molecular complexity index is 902. The molecule has 0 amide bonds. The van der Waals surface area contributed by atoms with Crippen LogP contribution < -0.4 is 0 Å². The first-order chi connectivity index (χ1) is 13.2. The van der Waals surface area contributed by atoms with Crippen LogP contribution in [0.1, 0.15) is 12.8 Å². The van der Waals surface area contributed by atoms with Crippen LogP contribution in [0.3, 0.4) is 0 Å². The third kappa shape index (κ3) is 5.38. The molecule has 2 saturated heterocycles. The fourth-order valence-electron chi connectivity index (χ4n) is 3.55. The van der Waals surface area contributed by atoms with E-state index in [1.54, 1.807) is 0 Å². The van der Waals surface area contributed by atoms with Crippen molar-refractivity contribution in [1.29, 1.82) is 0 Å². The quantitative estimate of drug-likeness (QED) is 0.604. The van der Waals surface area contributed by atoms with Gasteiger partial charge >= 0.3 is 0 Å². The first kappa shape index (κ1) is 22.3. The molecule has 28 heavy (non-hydrogen) atoms. The lowest BCUT2D eigenvalue weighted by Crippen LogP contribution is -2.43. The minimum atomic E-state index is -3.89. The van der Waals surface area contributed by atoms with Gasteiger partial charge in [0, 0.05) is 25.7 Å². The molecule has 2 aliphatic rings. The molecule has 1 atom stereocenters. The zero-order valence-electron chi connectivity index (χ0n) is 15.4. The van der Waals surface area contributed by atoms with Crippen molar-refractivity contribution in [2.45, 2.75) is 23.8 Å². The molecule has 0 N–H and O–H groups in total. The molecular formula is C17H24Cl2N2O5S2. The van der Waals surface area contributed by atoms with E-state index in [-0.39, 0.29) is 33.0 Å². The van der Waals surface area contributed by atoms with Gasteiger partial charge in [-0.3, -0.25) is 4.90 Å². The fraction of sp³-hybridized carbons (Fsp3) is 0.647. The zero-order valence-corrected chi connectivity index (χ0v) is 18.5. The average molecular weight is 471 g/mol. The number of sulfone groups is 1. The van der Waals surface area contributed by atoms with E-state index in [1.165, 1.54) is 22.5 Å². The number of morpholine rings is 1. The van der Waals surface area contributed by atoms with Crippen molar-refractivity contribution in [3.63, 3.8) is 0 Å². The summed E-state index contributed by atoms with van der Waals surface area (Å²) in [4.78, 5) is 2.25. The van der Waals surface area contributed by atoms with Crippen molar-refractivity contribution in [3.05, 3.63) is 28.2 Å². The third-order valence-corrected chi connectivity index (χ3v) is 9.51. The van der Waals surface area contributed by atoms with Gasteiger partial charge in [0.2, 0.25) is 10.0 Å². The van der Waals surface area contributed by atoms with Crippen molar-refractivity contribution >= 4 is 43.1 Å². The standard InChI is InChI=1S/C17H24Cl2N2O5S2/c18-16-3-2-15(12-17(16)19)28(24,25)21(14-4-11-27(22,23)13-14)6-1-5-20-7-9-26-10-8-20/h2-3,12,14H,1,4-11,13H2. The maximum absolute atomic E-state index is 13.3. The van der Waals surface area contributed by atoms with Gasteiger partial charge in [-0.15, -0.1) is 0 Å². The summed E-state index contributed by atoms with van der Waals surface area (Å²) in [6.45, 7) is 3.96. The molecule has 0 spiro atoms. The minimum absolute atomic E-state index is 0.00846. The van der Waals surface area contributed by atoms with E-state index < -0.39 is 25.9 Å². The summed E-state index contributed by atoms with van der Waals surface area (Å²) < 4.78 is 57.1. The summed E-state index contributed by atoms with van der Waals surface area (Å²) in [5.41, 5.74) is 0. The van der Waals surface area contributed by atoms with Gasteiger partial charge in [0.1, 0.15) is 0 Å². The predicted molar refractivity (Wildman–Crippen MR) is 109 cm³/mol. The summed E-state index contributed by atoms with van der Waals surface area (Å²) in [7, 11) is -7.12. The number of halogens is 2. The number of hydrogen-bond donors (Lipinski definition) is 0. The highest BCUT2D eigenvalue weighted by atomic mass is 35.5. The van der Waals surface area contributed by atoms with Crippen LogP contribution in [-0.2, 0) is 24.6 Å². The molecular weight excluding hydrogens is 447 g/mol. The Balaban J connectivity index is 1.79. The third-order valence-electron chi connectivity index (χ3n) is 5.07. The van der Waals surface area contributed by atoms with E-state index in [9.17, 15) is 16.8 Å². The lowest BCUT2D eigenvalue weighted by molar-refractivity contribution is 0.0367. The molecule has 1 unspecified atom stereocenters. The number of ether oxygens (including phenoxy) is 1. The Morgan fingerprint density at radius 3 is 2.50 bits per heavy atom. The minimum Gasteiger partial charge on any atom is -0.379 e. The molecule has 0 aromatic heterocycles. The number of rotatable bonds is 7. The number of sulfonamides is 1. The molecule has 2 fully saturated rings. The topological polar surface area (TPSA) is 84.0 Å². The van der Waals surface area contributed by atoms with Crippen molar-refractivity contribution < 1.29 is 21.6 Å². The van der Waals surface area contributed by atoms with E-state index in [2.05, 4.69) is 4.90 Å². The summed E-state index contributed by atoms with van der Waals surface area (Å²) >= 11 is 11.9. The van der Waals surface area contributed by atoms with E-state index >= 15 is 0 Å². The lowest BCUT2D eigenvalue weighted by atomic mass is 10.2. The highest BCUT2D eigenvalue weighted by Gasteiger charge is 2.38. The average Bonchev–Trinajstić information content (AvgIpc) is 3.01. The van der Waals surface area contributed by atoms with Crippen LogP contribution in [0.25, 0.3) is 0 Å². The van der Waals surface area contributed by atoms with Crippen LogP contribution in [-0.4, -0.2) is 83.0 Å². The van der Waals surface area contributed by atoms with Crippen molar-refractivity contribution in [2.24, 2.45) is 0 Å². The fourth-order valence-corrected chi connectivity index (χ4v) is 7.46. The first-order valence-corrected chi connectivity index (χ1v) is 13.2. The van der Waals surface area contributed by atoms with Crippen molar-refractivity contribution in [1.82, 2.24) is 9.21 Å². The maximum Gasteiger partial charge on any atom is 0.243 e. The molecule has 1 aromatic carbocycles. The monoisotopic (exact) mass is 470 g/mol. The molecule has 0 aliphatic carbocycles. The number of benzene rings is 1. The molecule has 0 radical (unpaired) electrons. The van der Waals surface area contributed by atoms with E-state index in [4.69, 9.17) is 27.9 Å². The Hall–Kier alpha value is -0.420. The smallest absolute Gasteiger partial charge is 0.243 e. The second kappa shape index (κ2) is 9.16. The van der Waals surface area contributed by atoms with Crippen molar-refractivity contribution in [3.8, 4) is 0 Å². The first-order valence-electron chi connectivity index (χ1n) is 9.16. The number of nitrogens with zero attached hydrogens (tertiary/aromatic N) is 2.